The van der Waals surface area contributed by atoms with Crippen LogP contribution in [0.3, 0.4) is 0 Å². The summed E-state index contributed by atoms with van der Waals surface area (Å²) in [5, 5.41) is 3.93. The Labute approximate surface area is 127 Å². The second-order valence-corrected chi connectivity index (χ2v) is 4.66. The fraction of sp³-hybridized carbons (Fsp3) is 0.200. The number of nitrogens with one attached hydrogen (secondary N) is 2. The number of anilines is 3. The largest absolute Gasteiger partial charge is 0.491 e. The van der Waals surface area contributed by atoms with Crippen LogP contribution in [-0.2, 0) is 4.74 Å². The number of nitrogen functional groups attached to an aromatic ring is 1. The Balaban J connectivity index is 1.71. The van der Waals surface area contributed by atoms with E-state index in [1.54, 1.807) is 13.3 Å². The highest BCUT2D eigenvalue weighted by Crippen LogP contribution is 2.22. The van der Waals surface area contributed by atoms with Gasteiger partial charge in [0.05, 0.1) is 12.0 Å². The average Bonchev–Trinajstić information content (AvgIpc) is 2.98. The maximum absolute atomic E-state index is 5.90. The first kappa shape index (κ1) is 14.2. The van der Waals surface area contributed by atoms with Crippen molar-refractivity contribution in [3.63, 3.8) is 0 Å². The molecule has 0 spiro atoms. The highest BCUT2D eigenvalue weighted by atomic mass is 16.5. The van der Waals surface area contributed by atoms with Gasteiger partial charge in [0, 0.05) is 19.0 Å². The molecule has 7 heteroatoms. The summed E-state index contributed by atoms with van der Waals surface area (Å²) in [5.74, 6) is 1.66. The van der Waals surface area contributed by atoms with Crippen molar-refractivity contribution in [2.24, 2.45) is 0 Å². The summed E-state index contributed by atoms with van der Waals surface area (Å²) in [6.07, 6.45) is 1.78. The van der Waals surface area contributed by atoms with Crippen molar-refractivity contribution in [2.45, 2.75) is 0 Å². The summed E-state index contributed by atoms with van der Waals surface area (Å²) < 4.78 is 10.4. The van der Waals surface area contributed by atoms with Crippen LogP contribution in [0.5, 0.6) is 5.75 Å². The number of aromatic amines is 1. The number of ether oxygens (including phenoxy) is 2. The molecule has 3 aromatic rings. The van der Waals surface area contributed by atoms with E-state index in [4.69, 9.17) is 15.2 Å². The minimum Gasteiger partial charge on any atom is -0.491 e. The Hall–Kier alpha value is -2.80. The molecule has 0 unspecified atom stereocenters. The zero-order chi connectivity index (χ0) is 15.4. The number of fused-ring (bicyclic) bond motifs is 1. The van der Waals surface area contributed by atoms with E-state index in [9.17, 15) is 0 Å². The standard InChI is InChI=1S/C15H17N5O2/c1-21-8-9-22-11-4-2-10(3-5-11)18-15-19-13(16)12-6-7-17-14(12)20-15/h2-7H,8-9H2,1H3,(H4,16,17,18,19,20). The molecule has 0 fully saturated rings. The molecule has 0 saturated heterocycles. The summed E-state index contributed by atoms with van der Waals surface area (Å²) in [6, 6.07) is 9.37. The lowest BCUT2D eigenvalue weighted by molar-refractivity contribution is 0.146. The monoisotopic (exact) mass is 299 g/mol. The van der Waals surface area contributed by atoms with Crippen LogP contribution in [0.1, 0.15) is 0 Å². The normalized spacial score (nSPS) is 10.8. The molecule has 2 heterocycles. The summed E-state index contributed by atoms with van der Waals surface area (Å²) in [6.45, 7) is 1.08. The lowest BCUT2D eigenvalue weighted by Gasteiger charge is -2.08. The Bertz CT molecular complexity index is 754. The third-order valence-electron chi connectivity index (χ3n) is 3.11. The van der Waals surface area contributed by atoms with Crippen molar-refractivity contribution in [2.75, 3.05) is 31.4 Å². The number of nitrogens with two attached hydrogens (primary N) is 1. The number of benzene rings is 1. The van der Waals surface area contributed by atoms with Crippen molar-refractivity contribution < 1.29 is 9.47 Å². The van der Waals surface area contributed by atoms with Crippen molar-refractivity contribution in [3.8, 4) is 5.75 Å². The molecule has 0 aliphatic heterocycles. The molecule has 1 aromatic carbocycles. The molecule has 2 aromatic heterocycles. The summed E-state index contributed by atoms with van der Waals surface area (Å²) in [7, 11) is 1.64. The number of rotatable bonds is 6. The van der Waals surface area contributed by atoms with Gasteiger partial charge in [-0.2, -0.15) is 9.97 Å². The van der Waals surface area contributed by atoms with E-state index in [0.29, 0.717) is 30.6 Å². The molecular formula is C15H17N5O2. The quantitative estimate of drug-likeness (QED) is 0.604. The molecule has 4 N–H and O–H groups in total. The number of H-pyrrole nitrogens is 1. The van der Waals surface area contributed by atoms with E-state index in [1.807, 2.05) is 30.3 Å². The van der Waals surface area contributed by atoms with Gasteiger partial charge in [0.25, 0.3) is 0 Å². The van der Waals surface area contributed by atoms with Gasteiger partial charge < -0.3 is 25.5 Å². The smallest absolute Gasteiger partial charge is 0.231 e. The molecule has 0 bridgehead atoms. The molecule has 22 heavy (non-hydrogen) atoms. The van der Waals surface area contributed by atoms with Crippen LogP contribution >= 0.6 is 0 Å². The minimum absolute atomic E-state index is 0.438. The first-order valence-electron chi connectivity index (χ1n) is 6.85. The molecule has 0 radical (unpaired) electrons. The van der Waals surface area contributed by atoms with Crippen molar-refractivity contribution in [1.29, 1.82) is 0 Å². The highest BCUT2D eigenvalue weighted by Gasteiger charge is 2.06. The summed E-state index contributed by atoms with van der Waals surface area (Å²) >= 11 is 0. The highest BCUT2D eigenvalue weighted by molar-refractivity contribution is 5.87. The third kappa shape index (κ3) is 3.09. The van der Waals surface area contributed by atoms with E-state index in [1.165, 1.54) is 0 Å². The predicted octanol–water partition coefficient (Wildman–Crippen LogP) is 2.31. The molecule has 0 atom stereocenters. The van der Waals surface area contributed by atoms with E-state index in [0.717, 1.165) is 16.8 Å². The zero-order valence-corrected chi connectivity index (χ0v) is 12.2. The van der Waals surface area contributed by atoms with Gasteiger partial charge in [0.15, 0.2) is 0 Å². The first-order chi connectivity index (χ1) is 10.8. The topological polar surface area (TPSA) is 98.1 Å². The second-order valence-electron chi connectivity index (χ2n) is 4.66. The molecular weight excluding hydrogens is 282 g/mol. The van der Waals surface area contributed by atoms with Gasteiger partial charge in [0.1, 0.15) is 23.8 Å². The Kier molecular flexibility index (Phi) is 4.06. The van der Waals surface area contributed by atoms with Crippen LogP contribution in [0.4, 0.5) is 17.5 Å². The van der Waals surface area contributed by atoms with Crippen LogP contribution in [-0.4, -0.2) is 35.3 Å². The lowest BCUT2D eigenvalue weighted by Crippen LogP contribution is -2.04. The minimum atomic E-state index is 0.438. The maximum Gasteiger partial charge on any atom is 0.231 e. The van der Waals surface area contributed by atoms with Crippen LogP contribution < -0.4 is 15.8 Å². The van der Waals surface area contributed by atoms with E-state index in [-0.39, 0.29) is 0 Å². The van der Waals surface area contributed by atoms with Crippen LogP contribution in [0.25, 0.3) is 11.0 Å². The SMILES string of the molecule is COCCOc1ccc(Nc2nc(N)c3cc[nH]c3n2)cc1. The molecule has 0 saturated carbocycles. The molecule has 0 aliphatic rings. The Morgan fingerprint density at radius 1 is 1.14 bits per heavy atom. The van der Waals surface area contributed by atoms with E-state index in [2.05, 4.69) is 20.3 Å². The van der Waals surface area contributed by atoms with Gasteiger partial charge in [0.2, 0.25) is 5.95 Å². The Morgan fingerprint density at radius 2 is 1.95 bits per heavy atom. The van der Waals surface area contributed by atoms with Crippen molar-refractivity contribution in [1.82, 2.24) is 15.0 Å². The average molecular weight is 299 g/mol. The number of aromatic nitrogens is 3. The van der Waals surface area contributed by atoms with Gasteiger partial charge in [-0.3, -0.25) is 0 Å². The number of hydrogen-bond acceptors (Lipinski definition) is 6. The molecule has 7 nitrogen and oxygen atoms in total. The fourth-order valence-electron chi connectivity index (χ4n) is 2.03. The first-order valence-corrected chi connectivity index (χ1v) is 6.85. The van der Waals surface area contributed by atoms with Gasteiger partial charge in [-0.25, -0.2) is 0 Å². The summed E-state index contributed by atoms with van der Waals surface area (Å²) in [4.78, 5) is 11.6. The fourth-order valence-corrected chi connectivity index (χ4v) is 2.03. The van der Waals surface area contributed by atoms with E-state index < -0.39 is 0 Å². The number of nitrogens with zero attached hydrogens (tertiary/aromatic N) is 2. The van der Waals surface area contributed by atoms with Crippen LogP contribution in [0.2, 0.25) is 0 Å². The maximum atomic E-state index is 5.90. The molecule has 0 aliphatic carbocycles. The number of methoxy groups -OCH3 is 1. The number of hydrogen-bond donors (Lipinski definition) is 3. The molecule has 114 valence electrons. The van der Waals surface area contributed by atoms with Crippen LogP contribution in [0.15, 0.2) is 36.5 Å². The van der Waals surface area contributed by atoms with Crippen molar-refractivity contribution >= 4 is 28.5 Å². The van der Waals surface area contributed by atoms with Crippen LogP contribution in [0, 0.1) is 0 Å². The van der Waals surface area contributed by atoms with Gasteiger partial charge >= 0.3 is 0 Å². The van der Waals surface area contributed by atoms with Crippen molar-refractivity contribution in [3.05, 3.63) is 36.5 Å². The molecule has 3 rings (SSSR count). The Morgan fingerprint density at radius 3 is 2.73 bits per heavy atom. The van der Waals surface area contributed by atoms with E-state index >= 15 is 0 Å². The second kappa shape index (κ2) is 6.31. The zero-order valence-electron chi connectivity index (χ0n) is 12.2. The summed E-state index contributed by atoms with van der Waals surface area (Å²) in [5.41, 5.74) is 7.46. The molecule has 0 amide bonds. The third-order valence-corrected chi connectivity index (χ3v) is 3.11. The lowest BCUT2D eigenvalue weighted by atomic mass is 10.3. The van der Waals surface area contributed by atoms with Gasteiger partial charge in [-0.1, -0.05) is 0 Å². The van der Waals surface area contributed by atoms with Gasteiger partial charge in [-0.05, 0) is 30.3 Å². The van der Waals surface area contributed by atoms with Gasteiger partial charge in [-0.15, -0.1) is 0 Å². The predicted molar refractivity (Wildman–Crippen MR) is 85.4 cm³/mol.